The monoisotopic (exact) mass is 469 g/mol. The number of thiophene rings is 1. The van der Waals surface area contributed by atoms with Crippen LogP contribution in [0.25, 0.3) is 11.1 Å². The lowest BCUT2D eigenvalue weighted by molar-refractivity contribution is 0.0966. The zero-order valence-electron chi connectivity index (χ0n) is 18.6. The predicted octanol–water partition coefficient (Wildman–Crippen LogP) is 5.53. The van der Waals surface area contributed by atoms with E-state index in [0.29, 0.717) is 23.4 Å². The Morgan fingerprint density at radius 3 is 2.59 bits per heavy atom. The van der Waals surface area contributed by atoms with Gasteiger partial charge in [-0.05, 0) is 59.0 Å². The zero-order chi connectivity index (χ0) is 23.5. The molecule has 0 aliphatic carbocycles. The molecule has 0 saturated heterocycles. The standard InChI is InChI=1S/C27H23N3O3S/c1-33-24-7-3-2-6-21(24)20-12-13-23(25-22(20)16-29-27(25)32)30-26(31)17-8-10-18(11-9-17)28-15-19-5-4-14-34-19/h2-14,28H,15-16H2,1H3,(H,29,32)(H,30,31). The van der Waals surface area contributed by atoms with Gasteiger partial charge in [0, 0.05) is 34.8 Å². The molecule has 0 radical (unpaired) electrons. The van der Waals surface area contributed by atoms with Gasteiger partial charge in [0.25, 0.3) is 11.8 Å². The van der Waals surface area contributed by atoms with Gasteiger partial charge in [0.15, 0.2) is 0 Å². The summed E-state index contributed by atoms with van der Waals surface area (Å²) < 4.78 is 5.51. The van der Waals surface area contributed by atoms with E-state index in [1.807, 2.05) is 53.9 Å². The molecule has 34 heavy (non-hydrogen) atoms. The molecule has 0 unspecified atom stereocenters. The van der Waals surface area contributed by atoms with Gasteiger partial charge in [-0.2, -0.15) is 0 Å². The van der Waals surface area contributed by atoms with Crippen molar-refractivity contribution in [3.8, 4) is 16.9 Å². The number of rotatable bonds is 7. The summed E-state index contributed by atoms with van der Waals surface area (Å²) in [6.45, 7) is 1.14. The number of fused-ring (bicyclic) bond motifs is 1. The highest BCUT2D eigenvalue weighted by atomic mass is 32.1. The first kappa shape index (κ1) is 21.7. The first-order valence-corrected chi connectivity index (χ1v) is 11.8. The summed E-state index contributed by atoms with van der Waals surface area (Å²) in [5, 5.41) is 11.2. The Hall–Kier alpha value is -4.10. The molecule has 0 saturated carbocycles. The highest BCUT2D eigenvalue weighted by Crippen LogP contribution is 2.38. The lowest BCUT2D eigenvalue weighted by Crippen LogP contribution is -2.17. The van der Waals surface area contributed by atoms with Crippen molar-refractivity contribution in [1.82, 2.24) is 5.32 Å². The zero-order valence-corrected chi connectivity index (χ0v) is 19.4. The molecular weight excluding hydrogens is 446 g/mol. The largest absolute Gasteiger partial charge is 0.496 e. The number of para-hydroxylation sites is 1. The van der Waals surface area contributed by atoms with Crippen LogP contribution >= 0.6 is 11.3 Å². The fourth-order valence-electron chi connectivity index (χ4n) is 4.11. The number of carbonyl (C=O) groups excluding carboxylic acids is 2. The smallest absolute Gasteiger partial charge is 0.255 e. The average Bonchev–Trinajstić information content (AvgIpc) is 3.53. The molecular formula is C27H23N3O3S. The highest BCUT2D eigenvalue weighted by molar-refractivity contribution is 7.09. The van der Waals surface area contributed by atoms with Gasteiger partial charge in [0.05, 0.1) is 18.4 Å². The van der Waals surface area contributed by atoms with Crippen LogP contribution in [0.1, 0.15) is 31.2 Å². The van der Waals surface area contributed by atoms with Crippen LogP contribution in [0.2, 0.25) is 0 Å². The van der Waals surface area contributed by atoms with Gasteiger partial charge in [-0.3, -0.25) is 9.59 Å². The molecule has 0 bridgehead atoms. The number of ether oxygens (including phenoxy) is 1. The molecule has 1 aromatic heterocycles. The van der Waals surface area contributed by atoms with Crippen molar-refractivity contribution < 1.29 is 14.3 Å². The molecule has 2 heterocycles. The van der Waals surface area contributed by atoms with Crippen LogP contribution < -0.4 is 20.7 Å². The van der Waals surface area contributed by atoms with Gasteiger partial charge in [-0.15, -0.1) is 11.3 Å². The van der Waals surface area contributed by atoms with E-state index in [4.69, 9.17) is 4.74 Å². The van der Waals surface area contributed by atoms with Gasteiger partial charge in [0.1, 0.15) is 5.75 Å². The SMILES string of the molecule is COc1ccccc1-c1ccc(NC(=O)c2ccc(NCc3cccs3)cc2)c2c1CNC2=O. The third kappa shape index (κ3) is 4.25. The molecule has 170 valence electrons. The van der Waals surface area contributed by atoms with E-state index in [1.54, 1.807) is 36.6 Å². The Morgan fingerprint density at radius 1 is 1.00 bits per heavy atom. The molecule has 1 aliphatic heterocycles. The van der Waals surface area contributed by atoms with Gasteiger partial charge in [-0.25, -0.2) is 0 Å². The Balaban J connectivity index is 1.37. The van der Waals surface area contributed by atoms with Crippen LogP contribution in [0.3, 0.4) is 0 Å². The molecule has 3 aromatic carbocycles. The minimum absolute atomic E-state index is 0.199. The number of amides is 2. The minimum atomic E-state index is -0.267. The van der Waals surface area contributed by atoms with Crippen LogP contribution in [-0.4, -0.2) is 18.9 Å². The third-order valence-electron chi connectivity index (χ3n) is 5.80. The number of hydrogen-bond donors (Lipinski definition) is 3. The Labute approximate surface area is 201 Å². The highest BCUT2D eigenvalue weighted by Gasteiger charge is 2.27. The van der Waals surface area contributed by atoms with Crippen molar-refractivity contribution in [1.29, 1.82) is 0 Å². The van der Waals surface area contributed by atoms with Gasteiger partial charge < -0.3 is 20.7 Å². The first-order valence-electron chi connectivity index (χ1n) is 10.9. The summed E-state index contributed by atoms with van der Waals surface area (Å²) >= 11 is 1.70. The van der Waals surface area contributed by atoms with E-state index in [-0.39, 0.29) is 11.8 Å². The number of hydrogen-bond acceptors (Lipinski definition) is 5. The normalized spacial score (nSPS) is 12.1. The summed E-state index contributed by atoms with van der Waals surface area (Å²) in [6.07, 6.45) is 0. The number of carbonyl (C=O) groups is 2. The molecule has 0 atom stereocenters. The third-order valence-corrected chi connectivity index (χ3v) is 6.68. The second-order valence-corrected chi connectivity index (χ2v) is 8.89. The fourth-order valence-corrected chi connectivity index (χ4v) is 4.75. The molecule has 6 nitrogen and oxygen atoms in total. The summed E-state index contributed by atoms with van der Waals surface area (Å²) in [7, 11) is 1.63. The average molecular weight is 470 g/mol. The summed E-state index contributed by atoms with van der Waals surface area (Å²) in [5.74, 6) is 0.264. The minimum Gasteiger partial charge on any atom is -0.496 e. The molecule has 3 N–H and O–H groups in total. The molecule has 2 amide bonds. The number of nitrogens with one attached hydrogen (secondary N) is 3. The van der Waals surface area contributed by atoms with Crippen molar-refractivity contribution in [3.05, 3.63) is 99.7 Å². The maximum atomic E-state index is 13.0. The molecule has 1 aliphatic rings. The van der Waals surface area contributed by atoms with Crippen molar-refractivity contribution in [2.45, 2.75) is 13.1 Å². The van der Waals surface area contributed by atoms with Crippen LogP contribution in [0.4, 0.5) is 11.4 Å². The first-order chi connectivity index (χ1) is 16.6. The Bertz CT molecular complexity index is 1350. The van der Waals surface area contributed by atoms with E-state index in [0.717, 1.165) is 34.7 Å². The van der Waals surface area contributed by atoms with Crippen molar-refractivity contribution in [3.63, 3.8) is 0 Å². The van der Waals surface area contributed by atoms with Gasteiger partial charge in [0.2, 0.25) is 0 Å². The topological polar surface area (TPSA) is 79.5 Å². The number of anilines is 2. The Morgan fingerprint density at radius 2 is 1.82 bits per heavy atom. The van der Waals surface area contributed by atoms with E-state index >= 15 is 0 Å². The summed E-state index contributed by atoms with van der Waals surface area (Å²) in [6, 6.07) is 22.8. The molecule has 7 heteroatoms. The quantitative estimate of drug-likeness (QED) is 0.332. The number of methoxy groups -OCH3 is 1. The van der Waals surface area contributed by atoms with Crippen LogP contribution in [0.5, 0.6) is 5.75 Å². The van der Waals surface area contributed by atoms with Crippen molar-refractivity contribution in [2.75, 3.05) is 17.7 Å². The maximum Gasteiger partial charge on any atom is 0.255 e. The van der Waals surface area contributed by atoms with Crippen molar-refractivity contribution >= 4 is 34.5 Å². The second kappa shape index (κ2) is 9.41. The van der Waals surface area contributed by atoms with Crippen LogP contribution in [-0.2, 0) is 13.1 Å². The number of benzene rings is 3. The lowest BCUT2D eigenvalue weighted by atomic mass is 9.95. The summed E-state index contributed by atoms with van der Waals surface area (Å²) in [5.41, 5.74) is 5.10. The van der Waals surface area contributed by atoms with Crippen LogP contribution in [0, 0.1) is 0 Å². The lowest BCUT2D eigenvalue weighted by Gasteiger charge is -2.15. The maximum absolute atomic E-state index is 13.0. The second-order valence-electron chi connectivity index (χ2n) is 7.86. The summed E-state index contributed by atoms with van der Waals surface area (Å²) in [4.78, 5) is 26.8. The van der Waals surface area contributed by atoms with Crippen molar-refractivity contribution in [2.24, 2.45) is 0 Å². The predicted molar refractivity (Wildman–Crippen MR) is 136 cm³/mol. The molecule has 5 rings (SSSR count). The molecule has 4 aromatic rings. The van der Waals surface area contributed by atoms with E-state index in [2.05, 4.69) is 22.0 Å². The van der Waals surface area contributed by atoms with E-state index in [9.17, 15) is 9.59 Å². The Kier molecular flexibility index (Phi) is 6.01. The van der Waals surface area contributed by atoms with Gasteiger partial charge in [-0.1, -0.05) is 30.3 Å². The fraction of sp³-hybridized carbons (Fsp3) is 0.111. The van der Waals surface area contributed by atoms with Crippen LogP contribution in [0.15, 0.2) is 78.2 Å². The van der Waals surface area contributed by atoms with Gasteiger partial charge >= 0.3 is 0 Å². The van der Waals surface area contributed by atoms with E-state index < -0.39 is 0 Å². The van der Waals surface area contributed by atoms with E-state index in [1.165, 1.54) is 4.88 Å². The molecule has 0 fully saturated rings. The molecule has 0 spiro atoms.